The molecule has 2 aromatic rings. The zero-order valence-electron chi connectivity index (χ0n) is 28.4. The molecule has 11 heteroatoms. The van der Waals surface area contributed by atoms with Crippen LogP contribution >= 0.6 is 0 Å². The van der Waals surface area contributed by atoms with Crippen molar-refractivity contribution in [3.63, 3.8) is 0 Å². The van der Waals surface area contributed by atoms with Gasteiger partial charge >= 0.3 is 24.0 Å². The fourth-order valence-electron chi connectivity index (χ4n) is 5.87. The highest BCUT2D eigenvalue weighted by Gasteiger charge is 2.50. The number of halogens is 3. The molecule has 0 aliphatic heterocycles. The van der Waals surface area contributed by atoms with Gasteiger partial charge in [0.1, 0.15) is 24.3 Å². The molecule has 0 aromatic heterocycles. The summed E-state index contributed by atoms with van der Waals surface area (Å²) in [7, 11) is 0. The van der Waals surface area contributed by atoms with Crippen LogP contribution in [0.3, 0.4) is 0 Å². The van der Waals surface area contributed by atoms with Gasteiger partial charge in [-0.15, -0.1) is 0 Å². The molecule has 2 aromatic carbocycles. The maximum atomic E-state index is 13.9. The molecule has 2 amide bonds. The van der Waals surface area contributed by atoms with Gasteiger partial charge in [-0.2, -0.15) is 13.2 Å². The molecule has 4 unspecified atom stereocenters. The number of ether oxygens (including phenoxy) is 2. The van der Waals surface area contributed by atoms with E-state index in [9.17, 15) is 32.3 Å². The van der Waals surface area contributed by atoms with Crippen LogP contribution in [0.1, 0.15) is 85.3 Å². The number of rotatable bonds is 13. The van der Waals surface area contributed by atoms with Gasteiger partial charge in [0.15, 0.2) is 0 Å². The summed E-state index contributed by atoms with van der Waals surface area (Å²) in [6, 6.07) is 12.4. The van der Waals surface area contributed by atoms with Crippen molar-refractivity contribution in [3.8, 4) is 11.1 Å². The Kier molecular flexibility index (Phi) is 12.3. The second kappa shape index (κ2) is 15.3. The lowest BCUT2D eigenvalue weighted by molar-refractivity contribution is -0.195. The zero-order chi connectivity index (χ0) is 35.3. The lowest BCUT2D eigenvalue weighted by Crippen LogP contribution is -2.60. The number of amides is 2. The molecule has 8 nitrogen and oxygen atoms in total. The van der Waals surface area contributed by atoms with Gasteiger partial charge in [0.25, 0.3) is 0 Å². The van der Waals surface area contributed by atoms with Gasteiger partial charge in [0.05, 0.1) is 5.92 Å². The van der Waals surface area contributed by atoms with Crippen LogP contribution in [0.2, 0.25) is 0 Å². The fourth-order valence-corrected chi connectivity index (χ4v) is 5.87. The summed E-state index contributed by atoms with van der Waals surface area (Å²) in [4.78, 5) is 53.1. The van der Waals surface area contributed by atoms with E-state index in [2.05, 4.69) is 5.32 Å². The Labute approximate surface area is 275 Å². The Bertz CT molecular complexity index is 1390. The lowest BCUT2D eigenvalue weighted by atomic mass is 9.91. The second-order valence-electron chi connectivity index (χ2n) is 13.7. The quantitative estimate of drug-likeness (QED) is 0.241. The van der Waals surface area contributed by atoms with Gasteiger partial charge in [-0.25, -0.2) is 4.79 Å². The number of nitrogens with one attached hydrogen (secondary N) is 1. The molecule has 1 N–H and O–H groups in total. The van der Waals surface area contributed by atoms with E-state index in [1.54, 1.807) is 34.6 Å². The molecular weight excluding hydrogens is 613 g/mol. The summed E-state index contributed by atoms with van der Waals surface area (Å²) in [5.74, 6) is -6.43. The highest BCUT2D eigenvalue weighted by molar-refractivity contribution is 5.93. The largest absolute Gasteiger partial charge is 0.471 e. The number of alkyl halides is 3. The highest BCUT2D eigenvalue weighted by atomic mass is 19.4. The van der Waals surface area contributed by atoms with Crippen molar-refractivity contribution >= 4 is 23.8 Å². The van der Waals surface area contributed by atoms with E-state index in [0.29, 0.717) is 6.42 Å². The third-order valence-electron chi connectivity index (χ3n) is 8.46. The van der Waals surface area contributed by atoms with Crippen LogP contribution in [0, 0.1) is 17.8 Å². The molecule has 0 saturated carbocycles. The molecule has 4 atom stereocenters. The highest BCUT2D eigenvalue weighted by Crippen LogP contribution is 2.44. The Morgan fingerprint density at radius 2 is 1.40 bits per heavy atom. The zero-order valence-corrected chi connectivity index (χ0v) is 28.4. The lowest BCUT2D eigenvalue weighted by Gasteiger charge is -2.37. The Balaban J connectivity index is 1.82. The first kappa shape index (κ1) is 37.6. The minimum absolute atomic E-state index is 0.0744. The van der Waals surface area contributed by atoms with Crippen LogP contribution < -0.4 is 5.32 Å². The summed E-state index contributed by atoms with van der Waals surface area (Å²) in [5, 5.41) is 2.62. The maximum Gasteiger partial charge on any atom is 0.471 e. The molecule has 1 aliphatic rings. The van der Waals surface area contributed by atoms with Crippen molar-refractivity contribution in [2.75, 3.05) is 13.2 Å². The first-order valence-electron chi connectivity index (χ1n) is 16.1. The molecule has 1 aliphatic carbocycles. The number of nitrogens with zero attached hydrogens (tertiary/aromatic N) is 1. The summed E-state index contributed by atoms with van der Waals surface area (Å²) in [5.41, 5.74) is 3.19. The predicted molar refractivity (Wildman–Crippen MR) is 172 cm³/mol. The third kappa shape index (κ3) is 9.35. The second-order valence-corrected chi connectivity index (χ2v) is 13.7. The molecule has 0 bridgehead atoms. The Morgan fingerprint density at radius 3 is 1.87 bits per heavy atom. The maximum absolute atomic E-state index is 13.9. The number of hydrogen-bond acceptors (Lipinski definition) is 6. The average Bonchev–Trinajstić information content (AvgIpc) is 3.31. The first-order valence-corrected chi connectivity index (χ1v) is 16.1. The Morgan fingerprint density at radius 1 is 0.872 bits per heavy atom. The molecule has 0 spiro atoms. The molecule has 0 radical (unpaired) electrons. The molecule has 0 fully saturated rings. The van der Waals surface area contributed by atoms with Crippen LogP contribution in [-0.4, -0.2) is 65.7 Å². The average molecular weight is 661 g/mol. The van der Waals surface area contributed by atoms with Gasteiger partial charge in [-0.1, -0.05) is 82.6 Å². The van der Waals surface area contributed by atoms with Crippen molar-refractivity contribution in [2.24, 2.45) is 17.8 Å². The molecule has 47 heavy (non-hydrogen) atoms. The summed E-state index contributed by atoms with van der Waals surface area (Å²) in [6.07, 6.45) is -4.96. The standard InChI is InChI=1S/C36H47F3N2O6/c1-9-22(4)28(33(44)46-20-29-26-16-12-10-14-24(26)25-15-11-13-17-27(25)29)19-40-31(42)30(18-21(2)3)41(34(45)36(37,38)39)23(5)32(43)47-35(6,7)8/h10-17,21-23,28-30H,9,18-20H2,1-8H3,(H,40,42). The van der Waals surface area contributed by atoms with Gasteiger partial charge in [0.2, 0.25) is 5.91 Å². The topological polar surface area (TPSA) is 102 Å². The van der Waals surface area contributed by atoms with Gasteiger partial charge in [-0.05, 0) is 68.2 Å². The number of carbonyl (C=O) groups excluding carboxylic acids is 4. The van der Waals surface area contributed by atoms with E-state index in [-0.39, 0.29) is 42.2 Å². The first-order chi connectivity index (χ1) is 21.9. The van der Waals surface area contributed by atoms with Crippen LogP contribution in [0.4, 0.5) is 13.2 Å². The molecule has 0 heterocycles. The number of esters is 2. The number of fused-ring (bicyclic) bond motifs is 3. The fraction of sp³-hybridized carbons (Fsp3) is 0.556. The van der Waals surface area contributed by atoms with Crippen LogP contribution in [0.15, 0.2) is 48.5 Å². The molecule has 3 rings (SSSR count). The van der Waals surface area contributed by atoms with Crippen molar-refractivity contribution in [2.45, 2.75) is 98.0 Å². The molecule has 0 saturated heterocycles. The van der Waals surface area contributed by atoms with Crippen LogP contribution in [0.25, 0.3) is 11.1 Å². The number of hydrogen-bond donors (Lipinski definition) is 1. The summed E-state index contributed by atoms with van der Waals surface area (Å²) < 4.78 is 52.7. The summed E-state index contributed by atoms with van der Waals surface area (Å²) >= 11 is 0. The van der Waals surface area contributed by atoms with Gasteiger partial charge < -0.3 is 19.7 Å². The Hall–Kier alpha value is -3.89. The minimum atomic E-state index is -5.35. The predicted octanol–water partition coefficient (Wildman–Crippen LogP) is 6.66. The van der Waals surface area contributed by atoms with E-state index in [1.807, 2.05) is 62.4 Å². The number of benzene rings is 2. The third-order valence-corrected chi connectivity index (χ3v) is 8.46. The van der Waals surface area contributed by atoms with E-state index in [0.717, 1.165) is 29.2 Å². The molecule has 258 valence electrons. The van der Waals surface area contributed by atoms with E-state index < -0.39 is 53.5 Å². The van der Waals surface area contributed by atoms with Crippen molar-refractivity contribution < 1.29 is 41.8 Å². The number of carbonyl (C=O) groups is 4. The van der Waals surface area contributed by atoms with E-state index in [1.165, 1.54) is 0 Å². The van der Waals surface area contributed by atoms with E-state index in [4.69, 9.17) is 9.47 Å². The van der Waals surface area contributed by atoms with Crippen LogP contribution in [0.5, 0.6) is 0 Å². The van der Waals surface area contributed by atoms with Gasteiger partial charge in [0, 0.05) is 12.5 Å². The monoisotopic (exact) mass is 660 g/mol. The smallest absolute Gasteiger partial charge is 0.464 e. The van der Waals surface area contributed by atoms with Crippen molar-refractivity contribution in [1.82, 2.24) is 10.2 Å². The van der Waals surface area contributed by atoms with Crippen molar-refractivity contribution in [1.29, 1.82) is 0 Å². The van der Waals surface area contributed by atoms with Crippen molar-refractivity contribution in [3.05, 3.63) is 59.7 Å². The minimum Gasteiger partial charge on any atom is -0.464 e. The van der Waals surface area contributed by atoms with E-state index >= 15 is 0 Å². The SMILES string of the molecule is CCC(C)C(CNC(=O)C(CC(C)C)N(C(=O)C(F)(F)F)C(C)C(=O)OC(C)(C)C)C(=O)OCC1c2ccccc2-c2ccccc21. The van der Waals surface area contributed by atoms with Crippen LogP contribution in [-0.2, 0) is 28.7 Å². The summed E-state index contributed by atoms with van der Waals surface area (Å²) in [6.45, 7) is 12.7. The van der Waals surface area contributed by atoms with Gasteiger partial charge in [-0.3, -0.25) is 14.4 Å². The normalized spacial score (nSPS) is 15.6. The molecular formula is C36H47F3N2O6.